The highest BCUT2D eigenvalue weighted by atomic mass is 32.2. The highest BCUT2D eigenvalue weighted by molar-refractivity contribution is 7.91. The maximum absolute atomic E-state index is 12.6. The van der Waals surface area contributed by atoms with E-state index in [4.69, 9.17) is 0 Å². The number of rotatable bonds is 10. The fourth-order valence-corrected chi connectivity index (χ4v) is 4.31. The van der Waals surface area contributed by atoms with Gasteiger partial charge in [0.15, 0.2) is 9.84 Å². The second-order valence-electron chi connectivity index (χ2n) is 7.58. The lowest BCUT2D eigenvalue weighted by atomic mass is 10.2. The first kappa shape index (κ1) is 23.4. The molecule has 0 spiro atoms. The van der Waals surface area contributed by atoms with Crippen LogP contribution in [0, 0.1) is 0 Å². The number of urea groups is 1. The first-order valence-electron chi connectivity index (χ1n) is 9.64. The molecule has 7 heteroatoms. The fraction of sp³-hybridized carbons (Fsp3) is 0.650. The molecule has 0 saturated heterocycles. The molecule has 0 aliphatic rings. The minimum absolute atomic E-state index is 0.0812. The van der Waals surface area contributed by atoms with Gasteiger partial charge in [-0.25, -0.2) is 13.2 Å². The van der Waals surface area contributed by atoms with Crippen molar-refractivity contribution in [1.29, 1.82) is 0 Å². The Bertz CT molecular complexity index is 665. The molecule has 1 aromatic rings. The van der Waals surface area contributed by atoms with Gasteiger partial charge < -0.3 is 10.2 Å². The molecular formula is C20H35N3O3S. The van der Waals surface area contributed by atoms with E-state index in [1.807, 2.05) is 13.8 Å². The minimum Gasteiger partial charge on any atom is -0.337 e. The zero-order valence-corrected chi connectivity index (χ0v) is 18.3. The van der Waals surface area contributed by atoms with E-state index < -0.39 is 9.84 Å². The van der Waals surface area contributed by atoms with Gasteiger partial charge in [-0.3, -0.25) is 4.90 Å². The molecule has 0 saturated carbocycles. The highest BCUT2D eigenvalue weighted by Gasteiger charge is 2.22. The zero-order chi connectivity index (χ0) is 20.6. The Labute approximate surface area is 164 Å². The lowest BCUT2D eigenvalue weighted by Gasteiger charge is -2.31. The lowest BCUT2D eigenvalue weighted by molar-refractivity contribution is 0.165. The van der Waals surface area contributed by atoms with Gasteiger partial charge in [0.25, 0.3) is 0 Å². The molecule has 27 heavy (non-hydrogen) atoms. The molecule has 1 N–H and O–H groups in total. The Kier molecular flexibility index (Phi) is 9.26. The molecule has 154 valence electrons. The number of carbonyl (C=O) groups is 1. The number of nitrogens with zero attached hydrogens (tertiary/aromatic N) is 2. The molecule has 0 fully saturated rings. The molecule has 0 atom stereocenters. The van der Waals surface area contributed by atoms with Gasteiger partial charge in [-0.15, -0.1) is 0 Å². The second kappa shape index (κ2) is 10.7. The number of hydrogen-bond donors (Lipinski definition) is 1. The molecule has 0 radical (unpaired) electrons. The average Bonchev–Trinajstić information content (AvgIpc) is 2.58. The summed E-state index contributed by atoms with van der Waals surface area (Å²) in [6.45, 7) is 13.8. The van der Waals surface area contributed by atoms with Crippen molar-refractivity contribution in [3.63, 3.8) is 0 Å². The van der Waals surface area contributed by atoms with E-state index in [9.17, 15) is 13.2 Å². The maximum Gasteiger partial charge on any atom is 0.317 e. The normalized spacial score (nSPS) is 12.2. The largest absolute Gasteiger partial charge is 0.337 e. The summed E-state index contributed by atoms with van der Waals surface area (Å²) in [6.07, 6.45) is 0. The lowest BCUT2D eigenvalue weighted by Crippen LogP contribution is -2.49. The first-order chi connectivity index (χ1) is 12.6. The molecule has 1 rings (SSSR count). The molecule has 0 aromatic heterocycles. The number of carbonyl (C=O) groups excluding carboxylic acids is 1. The predicted octanol–water partition coefficient (Wildman–Crippen LogP) is 3.00. The second-order valence-corrected chi connectivity index (χ2v) is 9.69. The number of benzene rings is 1. The third kappa shape index (κ3) is 7.50. The Hall–Kier alpha value is -1.60. The van der Waals surface area contributed by atoms with E-state index in [2.05, 4.69) is 37.9 Å². The van der Waals surface area contributed by atoms with Gasteiger partial charge in [0, 0.05) is 37.8 Å². The van der Waals surface area contributed by atoms with Crippen LogP contribution in [0.5, 0.6) is 0 Å². The maximum atomic E-state index is 12.6. The van der Waals surface area contributed by atoms with Gasteiger partial charge in [0.2, 0.25) is 0 Å². The summed E-state index contributed by atoms with van der Waals surface area (Å²) in [5.74, 6) is -0.0905. The van der Waals surface area contributed by atoms with Crippen LogP contribution in [0.4, 0.5) is 4.79 Å². The van der Waals surface area contributed by atoms with Gasteiger partial charge in [0.05, 0.1) is 10.6 Å². The van der Waals surface area contributed by atoms with Crippen LogP contribution in [-0.2, 0) is 9.84 Å². The summed E-state index contributed by atoms with van der Waals surface area (Å²) in [4.78, 5) is 16.7. The van der Waals surface area contributed by atoms with Crippen LogP contribution < -0.4 is 5.32 Å². The summed E-state index contributed by atoms with van der Waals surface area (Å²) in [7, 11) is -3.41. The fourth-order valence-electron chi connectivity index (χ4n) is 3.06. The van der Waals surface area contributed by atoms with Crippen molar-refractivity contribution >= 4 is 15.9 Å². The number of amides is 2. The van der Waals surface area contributed by atoms with Crippen LogP contribution in [0.25, 0.3) is 0 Å². The van der Waals surface area contributed by atoms with Crippen molar-refractivity contribution in [3.05, 3.63) is 30.3 Å². The predicted molar refractivity (Wildman–Crippen MR) is 111 cm³/mol. The molecule has 2 amide bonds. The smallest absolute Gasteiger partial charge is 0.317 e. The monoisotopic (exact) mass is 397 g/mol. The number of nitrogens with one attached hydrogen (secondary N) is 1. The van der Waals surface area contributed by atoms with Gasteiger partial charge >= 0.3 is 6.03 Å². The van der Waals surface area contributed by atoms with E-state index >= 15 is 0 Å². The van der Waals surface area contributed by atoms with Gasteiger partial charge in [-0.05, 0) is 53.7 Å². The first-order valence-corrected chi connectivity index (χ1v) is 11.3. The third-order valence-corrected chi connectivity index (χ3v) is 6.27. The molecule has 0 aliphatic heterocycles. The van der Waals surface area contributed by atoms with E-state index in [-0.39, 0.29) is 24.4 Å². The summed E-state index contributed by atoms with van der Waals surface area (Å²) < 4.78 is 24.9. The molecule has 6 nitrogen and oxygen atoms in total. The Morgan fingerprint density at radius 1 is 0.926 bits per heavy atom. The van der Waals surface area contributed by atoms with Gasteiger partial charge in [-0.2, -0.15) is 0 Å². The van der Waals surface area contributed by atoms with Gasteiger partial charge in [-0.1, -0.05) is 18.2 Å². The third-order valence-electron chi connectivity index (χ3n) is 4.56. The van der Waals surface area contributed by atoms with E-state index in [0.717, 1.165) is 6.54 Å². The van der Waals surface area contributed by atoms with Crippen molar-refractivity contribution in [1.82, 2.24) is 15.1 Å². The SMILES string of the molecule is CC(C)N(CCS(=O)(=O)c1ccccc1)C(=O)NCCN(C(C)C)C(C)C. The summed E-state index contributed by atoms with van der Waals surface area (Å²) in [5, 5.41) is 2.93. The molecule has 1 aromatic carbocycles. The Morgan fingerprint density at radius 3 is 1.96 bits per heavy atom. The summed E-state index contributed by atoms with van der Waals surface area (Å²) in [5.41, 5.74) is 0. The van der Waals surface area contributed by atoms with E-state index in [1.165, 1.54) is 0 Å². The number of sulfone groups is 1. The topological polar surface area (TPSA) is 69.7 Å². The van der Waals surface area contributed by atoms with Crippen molar-refractivity contribution in [3.8, 4) is 0 Å². The Morgan fingerprint density at radius 2 is 1.48 bits per heavy atom. The quantitative estimate of drug-likeness (QED) is 0.659. The van der Waals surface area contributed by atoms with Crippen LogP contribution in [0.3, 0.4) is 0 Å². The molecule has 0 aliphatic carbocycles. The number of hydrogen-bond acceptors (Lipinski definition) is 4. The van der Waals surface area contributed by atoms with Crippen LogP contribution in [0.1, 0.15) is 41.5 Å². The van der Waals surface area contributed by atoms with E-state index in [1.54, 1.807) is 35.2 Å². The minimum atomic E-state index is -3.41. The Balaban J connectivity index is 2.64. The van der Waals surface area contributed by atoms with Crippen molar-refractivity contribution in [2.75, 3.05) is 25.4 Å². The standard InChI is InChI=1S/C20H35N3O3S/c1-16(2)22(17(3)4)13-12-21-20(24)23(18(5)6)14-15-27(25,26)19-10-8-7-9-11-19/h7-11,16-18H,12-15H2,1-6H3,(H,21,24). The van der Waals surface area contributed by atoms with Crippen LogP contribution >= 0.6 is 0 Å². The van der Waals surface area contributed by atoms with Crippen LogP contribution in [0.2, 0.25) is 0 Å². The van der Waals surface area contributed by atoms with Crippen molar-refractivity contribution in [2.45, 2.75) is 64.6 Å². The van der Waals surface area contributed by atoms with Gasteiger partial charge in [0.1, 0.15) is 0 Å². The molecule has 0 heterocycles. The zero-order valence-electron chi connectivity index (χ0n) is 17.5. The molecular weight excluding hydrogens is 362 g/mol. The highest BCUT2D eigenvalue weighted by Crippen LogP contribution is 2.11. The van der Waals surface area contributed by atoms with Crippen molar-refractivity contribution < 1.29 is 13.2 Å². The average molecular weight is 398 g/mol. The summed E-state index contributed by atoms with van der Waals surface area (Å²) in [6, 6.07) is 8.86. The van der Waals surface area contributed by atoms with Crippen molar-refractivity contribution in [2.24, 2.45) is 0 Å². The molecule has 0 unspecified atom stereocenters. The molecule has 0 bridgehead atoms. The van der Waals surface area contributed by atoms with Crippen LogP contribution in [0.15, 0.2) is 35.2 Å². The van der Waals surface area contributed by atoms with E-state index in [0.29, 0.717) is 23.5 Å². The van der Waals surface area contributed by atoms with Crippen LogP contribution in [-0.4, -0.2) is 67.8 Å². The summed E-state index contributed by atoms with van der Waals surface area (Å²) >= 11 is 0.